The maximum atomic E-state index is 13.1. The number of hydrogen-bond acceptors (Lipinski definition) is 6. The van der Waals surface area contributed by atoms with Crippen molar-refractivity contribution in [1.29, 1.82) is 0 Å². The largest absolute Gasteiger partial charge is 0.503 e. The lowest BCUT2D eigenvalue weighted by Crippen LogP contribution is -2.37. The molecule has 1 saturated heterocycles. The van der Waals surface area contributed by atoms with E-state index in [1.807, 2.05) is 12.1 Å². The summed E-state index contributed by atoms with van der Waals surface area (Å²) in [6.45, 7) is 1.00. The van der Waals surface area contributed by atoms with Gasteiger partial charge in [-0.25, -0.2) is 0 Å². The number of thiophene rings is 1. The second kappa shape index (κ2) is 7.77. The molecule has 7 heteroatoms. The van der Waals surface area contributed by atoms with Crippen LogP contribution in [0.3, 0.4) is 0 Å². The van der Waals surface area contributed by atoms with Crippen molar-refractivity contribution in [3.05, 3.63) is 63.6 Å². The molecule has 28 heavy (non-hydrogen) atoms. The predicted octanol–water partition coefficient (Wildman–Crippen LogP) is 3.51. The topological polar surface area (TPSA) is 76.1 Å². The summed E-state index contributed by atoms with van der Waals surface area (Å²) in [5.74, 6) is -0.650. The Hall–Kier alpha value is -2.64. The molecular weight excluding hydrogens is 378 g/mol. The first-order chi connectivity index (χ1) is 13.6. The van der Waals surface area contributed by atoms with Crippen molar-refractivity contribution < 1.29 is 24.2 Å². The highest BCUT2D eigenvalue weighted by Crippen LogP contribution is 2.40. The molecule has 2 atom stereocenters. The lowest BCUT2D eigenvalue weighted by Gasteiger charge is -2.29. The molecule has 4 rings (SSSR count). The first-order valence-electron chi connectivity index (χ1n) is 9.18. The Kier molecular flexibility index (Phi) is 5.19. The average molecular weight is 399 g/mol. The van der Waals surface area contributed by atoms with Gasteiger partial charge in [-0.2, -0.15) is 0 Å². The number of aliphatic hydroxyl groups is 1. The van der Waals surface area contributed by atoms with Crippen molar-refractivity contribution in [3.63, 3.8) is 0 Å². The van der Waals surface area contributed by atoms with E-state index in [4.69, 9.17) is 9.47 Å². The number of carbonyl (C=O) groups excluding carboxylic acids is 2. The number of benzene rings is 1. The van der Waals surface area contributed by atoms with E-state index in [2.05, 4.69) is 0 Å². The summed E-state index contributed by atoms with van der Waals surface area (Å²) in [7, 11) is 1.58. The molecule has 1 aromatic heterocycles. The summed E-state index contributed by atoms with van der Waals surface area (Å²) in [6.07, 6.45) is 1.71. The van der Waals surface area contributed by atoms with Crippen molar-refractivity contribution in [2.75, 3.05) is 20.3 Å². The summed E-state index contributed by atoms with van der Waals surface area (Å²) in [5.41, 5.74) is 0.867. The van der Waals surface area contributed by atoms with Gasteiger partial charge >= 0.3 is 0 Å². The third-order valence-electron chi connectivity index (χ3n) is 5.15. The van der Waals surface area contributed by atoms with E-state index < -0.39 is 17.7 Å². The van der Waals surface area contributed by atoms with Gasteiger partial charge < -0.3 is 19.5 Å². The normalized spacial score (nSPS) is 22.2. The van der Waals surface area contributed by atoms with Crippen LogP contribution in [0.15, 0.2) is 53.1 Å². The van der Waals surface area contributed by atoms with E-state index in [1.165, 1.54) is 11.3 Å². The highest BCUT2D eigenvalue weighted by atomic mass is 32.1. The third-order valence-corrected chi connectivity index (χ3v) is 6.02. The number of hydrogen-bond donors (Lipinski definition) is 1. The quantitative estimate of drug-likeness (QED) is 0.753. The lowest BCUT2D eigenvalue weighted by atomic mass is 9.95. The van der Waals surface area contributed by atoms with Crippen molar-refractivity contribution in [2.45, 2.75) is 25.0 Å². The van der Waals surface area contributed by atoms with E-state index in [9.17, 15) is 14.7 Å². The van der Waals surface area contributed by atoms with Gasteiger partial charge in [0.2, 0.25) is 5.78 Å². The Balaban J connectivity index is 1.74. The van der Waals surface area contributed by atoms with Gasteiger partial charge in [-0.1, -0.05) is 18.2 Å². The van der Waals surface area contributed by atoms with Crippen LogP contribution in [-0.2, 0) is 9.53 Å². The van der Waals surface area contributed by atoms with E-state index in [-0.39, 0.29) is 17.5 Å². The van der Waals surface area contributed by atoms with Crippen LogP contribution in [0.5, 0.6) is 5.75 Å². The highest BCUT2D eigenvalue weighted by molar-refractivity contribution is 7.12. The maximum absolute atomic E-state index is 13.1. The fraction of sp³-hybridized carbons (Fsp3) is 0.333. The van der Waals surface area contributed by atoms with Crippen LogP contribution >= 0.6 is 11.3 Å². The van der Waals surface area contributed by atoms with Crippen LogP contribution in [0, 0.1) is 0 Å². The van der Waals surface area contributed by atoms with Crippen molar-refractivity contribution in [1.82, 2.24) is 4.90 Å². The number of methoxy groups -OCH3 is 1. The van der Waals surface area contributed by atoms with Gasteiger partial charge in [-0.3, -0.25) is 9.59 Å². The Morgan fingerprint density at radius 1 is 1.32 bits per heavy atom. The molecule has 1 aromatic carbocycles. The average Bonchev–Trinajstić information content (AvgIpc) is 3.46. The minimum atomic E-state index is -0.655. The molecule has 3 heterocycles. The summed E-state index contributed by atoms with van der Waals surface area (Å²) in [5, 5.41) is 12.4. The zero-order chi connectivity index (χ0) is 19.7. The number of ketones is 1. The Labute approximate surface area is 167 Å². The molecule has 6 nitrogen and oxygen atoms in total. The second-order valence-electron chi connectivity index (χ2n) is 6.84. The van der Waals surface area contributed by atoms with Gasteiger partial charge in [0.05, 0.1) is 29.7 Å². The van der Waals surface area contributed by atoms with E-state index in [0.717, 1.165) is 18.4 Å². The van der Waals surface area contributed by atoms with Crippen LogP contribution in [-0.4, -0.2) is 48.1 Å². The van der Waals surface area contributed by atoms with E-state index >= 15 is 0 Å². The van der Waals surface area contributed by atoms with Crippen LogP contribution in [0.4, 0.5) is 0 Å². The Morgan fingerprint density at radius 3 is 2.71 bits per heavy atom. The Bertz CT molecular complexity index is 897. The molecule has 0 bridgehead atoms. The zero-order valence-electron chi connectivity index (χ0n) is 15.5. The van der Waals surface area contributed by atoms with Gasteiger partial charge in [0.1, 0.15) is 5.75 Å². The summed E-state index contributed by atoms with van der Waals surface area (Å²) in [6, 6.07) is 10.0. The molecule has 1 amide bonds. The van der Waals surface area contributed by atoms with Gasteiger partial charge in [0, 0.05) is 13.2 Å². The molecule has 0 aliphatic carbocycles. The highest BCUT2D eigenvalue weighted by Gasteiger charge is 2.45. The number of amides is 1. The van der Waals surface area contributed by atoms with E-state index in [0.29, 0.717) is 23.8 Å². The number of nitrogens with zero attached hydrogens (tertiary/aromatic N) is 1. The number of carbonyl (C=O) groups is 2. The van der Waals surface area contributed by atoms with Crippen LogP contribution in [0.25, 0.3) is 0 Å². The molecule has 2 aliphatic heterocycles. The second-order valence-corrected chi connectivity index (χ2v) is 7.78. The number of ether oxygens (including phenoxy) is 2. The summed E-state index contributed by atoms with van der Waals surface area (Å²) >= 11 is 1.29. The minimum absolute atomic E-state index is 0.0892. The zero-order valence-corrected chi connectivity index (χ0v) is 16.3. The number of Topliss-reactive ketones (excluding diaryl/α,β-unsaturated/α-hetero) is 1. The first kappa shape index (κ1) is 18.7. The van der Waals surface area contributed by atoms with Gasteiger partial charge in [-0.05, 0) is 42.0 Å². The smallest absolute Gasteiger partial charge is 0.290 e. The third kappa shape index (κ3) is 3.31. The molecule has 1 fully saturated rings. The fourth-order valence-electron chi connectivity index (χ4n) is 3.75. The van der Waals surface area contributed by atoms with Crippen molar-refractivity contribution >= 4 is 23.0 Å². The molecule has 0 spiro atoms. The summed E-state index contributed by atoms with van der Waals surface area (Å²) in [4.78, 5) is 28.0. The molecule has 0 saturated carbocycles. The van der Waals surface area contributed by atoms with E-state index in [1.54, 1.807) is 41.7 Å². The molecule has 0 radical (unpaired) electrons. The molecule has 146 valence electrons. The van der Waals surface area contributed by atoms with Crippen LogP contribution in [0.1, 0.15) is 34.1 Å². The molecule has 2 aliphatic rings. The molecule has 2 aromatic rings. The molecular formula is C21H21NO5S. The Morgan fingerprint density at radius 2 is 2.11 bits per heavy atom. The molecule has 0 unspecified atom stereocenters. The van der Waals surface area contributed by atoms with Crippen molar-refractivity contribution in [3.8, 4) is 5.75 Å². The fourth-order valence-corrected chi connectivity index (χ4v) is 4.43. The monoisotopic (exact) mass is 399 g/mol. The molecule has 1 N–H and O–H groups in total. The van der Waals surface area contributed by atoms with Crippen molar-refractivity contribution in [2.24, 2.45) is 0 Å². The maximum Gasteiger partial charge on any atom is 0.290 e. The van der Waals surface area contributed by atoms with Crippen LogP contribution in [0.2, 0.25) is 0 Å². The minimum Gasteiger partial charge on any atom is -0.503 e. The van der Waals surface area contributed by atoms with Gasteiger partial charge in [0.25, 0.3) is 5.91 Å². The van der Waals surface area contributed by atoms with Crippen LogP contribution < -0.4 is 4.74 Å². The van der Waals surface area contributed by atoms with Gasteiger partial charge in [-0.15, -0.1) is 11.3 Å². The SMILES string of the molecule is COc1ccc([C@H]2C(C(=O)c3cccs3)=C(O)C(=O)N2C[C@@H]2CCCO2)cc1. The van der Waals surface area contributed by atoms with Gasteiger partial charge in [0.15, 0.2) is 5.76 Å². The summed E-state index contributed by atoms with van der Waals surface area (Å²) < 4.78 is 10.9. The lowest BCUT2D eigenvalue weighted by molar-refractivity contribution is -0.131. The number of aliphatic hydroxyl groups excluding tert-OH is 1. The number of rotatable bonds is 6. The first-order valence-corrected chi connectivity index (χ1v) is 10.1. The predicted molar refractivity (Wildman–Crippen MR) is 105 cm³/mol. The standard InChI is InChI=1S/C21H21NO5S/c1-26-14-8-6-13(7-9-14)18-17(19(23)16-5-3-11-28-16)20(24)21(25)22(18)12-15-4-2-10-27-15/h3,5-9,11,15,18,24H,2,4,10,12H2,1H3/t15-,18-/m0/s1.